The van der Waals surface area contributed by atoms with Gasteiger partial charge in [0.05, 0.1) is 0 Å². The molecule has 0 nitrogen and oxygen atoms in total. The summed E-state index contributed by atoms with van der Waals surface area (Å²) < 4.78 is 26.2. The van der Waals surface area contributed by atoms with Crippen molar-refractivity contribution in [3.8, 4) is 23.5 Å². The van der Waals surface area contributed by atoms with Crippen molar-refractivity contribution in [2.24, 2.45) is 0 Å². The first-order valence-corrected chi connectivity index (χ1v) is 4.73. The van der Waals surface area contributed by atoms with Crippen LogP contribution in [0, 0.1) is 24.0 Å². The van der Waals surface area contributed by atoms with Gasteiger partial charge in [0.15, 0.2) is 0 Å². The minimum absolute atomic E-state index is 0.366. The van der Waals surface area contributed by atoms with Crippen LogP contribution in [0.15, 0.2) is 42.5 Å². The SMILES string of the molecule is C#Cc1ccc(-c2ccc(F)cc2F)cc1. The predicted molar refractivity (Wildman–Crippen MR) is 59.7 cm³/mol. The van der Waals surface area contributed by atoms with Gasteiger partial charge in [-0.15, -0.1) is 6.42 Å². The van der Waals surface area contributed by atoms with E-state index in [1.807, 2.05) is 0 Å². The molecule has 0 fully saturated rings. The second-order valence-corrected chi connectivity index (χ2v) is 3.35. The van der Waals surface area contributed by atoms with Crippen molar-refractivity contribution >= 4 is 0 Å². The van der Waals surface area contributed by atoms with Gasteiger partial charge >= 0.3 is 0 Å². The number of benzene rings is 2. The van der Waals surface area contributed by atoms with E-state index in [1.54, 1.807) is 24.3 Å². The van der Waals surface area contributed by atoms with Gasteiger partial charge in [-0.25, -0.2) is 8.78 Å². The highest BCUT2D eigenvalue weighted by Gasteiger charge is 2.05. The van der Waals surface area contributed by atoms with Crippen LogP contribution in [0.5, 0.6) is 0 Å². The summed E-state index contributed by atoms with van der Waals surface area (Å²) in [5.74, 6) is 1.32. The number of hydrogen-bond donors (Lipinski definition) is 0. The Morgan fingerprint density at radius 3 is 2.19 bits per heavy atom. The van der Waals surface area contributed by atoms with Crippen LogP contribution >= 0.6 is 0 Å². The summed E-state index contributed by atoms with van der Waals surface area (Å²) in [5.41, 5.74) is 1.77. The smallest absolute Gasteiger partial charge is 0.133 e. The maximum Gasteiger partial charge on any atom is 0.133 e. The van der Waals surface area contributed by atoms with Crippen LogP contribution in [0.4, 0.5) is 8.78 Å². The molecule has 0 radical (unpaired) electrons. The van der Waals surface area contributed by atoms with E-state index in [1.165, 1.54) is 12.1 Å². The van der Waals surface area contributed by atoms with Crippen molar-refractivity contribution in [1.82, 2.24) is 0 Å². The summed E-state index contributed by atoms with van der Waals surface area (Å²) in [6, 6.07) is 10.4. The highest BCUT2D eigenvalue weighted by molar-refractivity contribution is 5.64. The van der Waals surface area contributed by atoms with Gasteiger partial charge in [0.2, 0.25) is 0 Å². The number of hydrogen-bond acceptors (Lipinski definition) is 0. The molecule has 0 aliphatic heterocycles. The van der Waals surface area contributed by atoms with E-state index in [-0.39, 0.29) is 0 Å². The first kappa shape index (κ1) is 10.4. The third kappa shape index (κ3) is 1.94. The second-order valence-electron chi connectivity index (χ2n) is 3.35. The Labute approximate surface area is 92.5 Å². The molecule has 2 heteroatoms. The highest BCUT2D eigenvalue weighted by Crippen LogP contribution is 2.23. The van der Waals surface area contributed by atoms with Crippen molar-refractivity contribution in [2.45, 2.75) is 0 Å². The van der Waals surface area contributed by atoms with Crippen molar-refractivity contribution in [3.63, 3.8) is 0 Å². The molecule has 0 saturated carbocycles. The second kappa shape index (κ2) is 4.16. The molecule has 0 saturated heterocycles. The minimum atomic E-state index is -0.582. The van der Waals surface area contributed by atoms with Gasteiger partial charge in [0, 0.05) is 17.2 Å². The molecule has 0 aromatic heterocycles. The summed E-state index contributed by atoms with van der Waals surface area (Å²) in [6.07, 6.45) is 5.21. The zero-order valence-corrected chi connectivity index (χ0v) is 8.37. The molecule has 16 heavy (non-hydrogen) atoms. The minimum Gasteiger partial charge on any atom is -0.207 e. The van der Waals surface area contributed by atoms with E-state index in [4.69, 9.17) is 6.42 Å². The van der Waals surface area contributed by atoms with Crippen LogP contribution in [0.3, 0.4) is 0 Å². The van der Waals surface area contributed by atoms with Gasteiger partial charge < -0.3 is 0 Å². The molecule has 0 unspecified atom stereocenters. The van der Waals surface area contributed by atoms with Gasteiger partial charge in [-0.1, -0.05) is 18.1 Å². The molecule has 2 aromatic rings. The Bertz CT molecular complexity index is 548. The average molecular weight is 214 g/mol. The van der Waals surface area contributed by atoms with Crippen molar-refractivity contribution in [2.75, 3.05) is 0 Å². The van der Waals surface area contributed by atoms with Crippen LogP contribution < -0.4 is 0 Å². The Kier molecular flexibility index (Phi) is 2.70. The van der Waals surface area contributed by atoms with Gasteiger partial charge in [0.25, 0.3) is 0 Å². The molecule has 0 N–H and O–H groups in total. The Morgan fingerprint density at radius 2 is 1.62 bits per heavy atom. The van der Waals surface area contributed by atoms with Crippen LogP contribution in [-0.2, 0) is 0 Å². The fourth-order valence-corrected chi connectivity index (χ4v) is 1.47. The van der Waals surface area contributed by atoms with E-state index >= 15 is 0 Å². The fraction of sp³-hybridized carbons (Fsp3) is 0. The number of terminal acetylenes is 1. The van der Waals surface area contributed by atoms with Gasteiger partial charge in [-0.3, -0.25) is 0 Å². The lowest BCUT2D eigenvalue weighted by Gasteiger charge is -2.03. The summed E-state index contributed by atoms with van der Waals surface area (Å²) in [4.78, 5) is 0. The van der Waals surface area contributed by atoms with Gasteiger partial charge in [0.1, 0.15) is 11.6 Å². The van der Waals surface area contributed by atoms with Crippen LogP contribution in [0.1, 0.15) is 5.56 Å². The normalized spacial score (nSPS) is 9.81. The lowest BCUT2D eigenvalue weighted by Crippen LogP contribution is -1.86. The molecule has 0 aliphatic carbocycles. The van der Waals surface area contributed by atoms with E-state index in [2.05, 4.69) is 5.92 Å². The maximum atomic E-state index is 13.4. The molecule has 2 rings (SSSR count). The Balaban J connectivity index is 2.47. The summed E-state index contributed by atoms with van der Waals surface area (Å²) in [6.45, 7) is 0. The zero-order chi connectivity index (χ0) is 11.5. The fourth-order valence-electron chi connectivity index (χ4n) is 1.47. The molecule has 0 spiro atoms. The molecule has 0 amide bonds. The van der Waals surface area contributed by atoms with Crippen LogP contribution in [0.25, 0.3) is 11.1 Å². The van der Waals surface area contributed by atoms with Crippen LogP contribution in [-0.4, -0.2) is 0 Å². The zero-order valence-electron chi connectivity index (χ0n) is 8.37. The molecule has 2 aromatic carbocycles. The molecular formula is C14H8F2. The Morgan fingerprint density at radius 1 is 0.938 bits per heavy atom. The van der Waals surface area contributed by atoms with Gasteiger partial charge in [-0.2, -0.15) is 0 Å². The highest BCUT2D eigenvalue weighted by atomic mass is 19.1. The first-order valence-electron chi connectivity index (χ1n) is 4.73. The van der Waals surface area contributed by atoms with E-state index < -0.39 is 11.6 Å². The summed E-state index contributed by atoms with van der Waals surface area (Å²) in [5, 5.41) is 0. The summed E-state index contributed by atoms with van der Waals surface area (Å²) in [7, 11) is 0. The number of rotatable bonds is 1. The topological polar surface area (TPSA) is 0 Å². The predicted octanol–water partition coefficient (Wildman–Crippen LogP) is 3.61. The van der Waals surface area contributed by atoms with E-state index in [0.717, 1.165) is 11.6 Å². The summed E-state index contributed by atoms with van der Waals surface area (Å²) >= 11 is 0. The maximum absolute atomic E-state index is 13.4. The third-order valence-corrected chi connectivity index (χ3v) is 2.29. The molecular weight excluding hydrogens is 206 g/mol. The molecule has 0 heterocycles. The average Bonchev–Trinajstić information content (AvgIpc) is 2.29. The largest absolute Gasteiger partial charge is 0.207 e. The molecule has 0 aliphatic rings. The lowest BCUT2D eigenvalue weighted by atomic mass is 10.0. The van der Waals surface area contributed by atoms with Gasteiger partial charge in [-0.05, 0) is 29.8 Å². The van der Waals surface area contributed by atoms with Crippen molar-refractivity contribution in [3.05, 3.63) is 59.7 Å². The number of halogens is 2. The third-order valence-electron chi connectivity index (χ3n) is 2.29. The molecule has 0 atom stereocenters. The van der Waals surface area contributed by atoms with E-state index in [0.29, 0.717) is 11.1 Å². The lowest BCUT2D eigenvalue weighted by molar-refractivity contribution is 0.585. The quantitative estimate of drug-likeness (QED) is 0.636. The monoisotopic (exact) mass is 214 g/mol. The van der Waals surface area contributed by atoms with Crippen molar-refractivity contribution in [1.29, 1.82) is 0 Å². The Hall–Kier alpha value is -2.14. The standard InChI is InChI=1S/C14H8F2/c1-2-10-3-5-11(6-4-10)13-8-7-12(15)9-14(13)16/h1,3-9H. The van der Waals surface area contributed by atoms with Crippen molar-refractivity contribution < 1.29 is 8.78 Å². The molecule has 0 bridgehead atoms. The van der Waals surface area contributed by atoms with E-state index in [9.17, 15) is 8.78 Å². The molecule has 78 valence electrons. The first-order chi connectivity index (χ1) is 7.70. The van der Waals surface area contributed by atoms with Crippen LogP contribution in [0.2, 0.25) is 0 Å².